The van der Waals surface area contributed by atoms with Gasteiger partial charge in [0.1, 0.15) is 13.2 Å². The average Bonchev–Trinajstić information content (AvgIpc) is 2.82. The molecule has 0 atom stereocenters. The molecule has 0 aliphatic carbocycles. The number of benzene rings is 1. The average molecular weight is 276 g/mol. The molecule has 0 radical (unpaired) electrons. The van der Waals surface area contributed by atoms with Gasteiger partial charge < -0.3 is 19.7 Å². The second kappa shape index (κ2) is 4.44. The van der Waals surface area contributed by atoms with Crippen LogP contribution < -0.4 is 9.47 Å². The van der Waals surface area contributed by atoms with Gasteiger partial charge in [0.25, 0.3) is 0 Å². The smallest absolute Gasteiger partial charge is 0.356 e. The van der Waals surface area contributed by atoms with Gasteiger partial charge >= 0.3 is 5.97 Å². The minimum Gasteiger partial charge on any atom is -0.504 e. The molecule has 2 heterocycles. The number of phenols is 1. The van der Waals surface area contributed by atoms with Crippen LogP contribution in [0.15, 0.2) is 18.2 Å². The van der Waals surface area contributed by atoms with E-state index in [0.717, 1.165) is 0 Å². The lowest BCUT2D eigenvalue weighted by Crippen LogP contribution is -2.15. The van der Waals surface area contributed by atoms with E-state index in [9.17, 15) is 9.90 Å². The van der Waals surface area contributed by atoms with Gasteiger partial charge in [0, 0.05) is 12.6 Å². The summed E-state index contributed by atoms with van der Waals surface area (Å²) in [5.74, 6) is -0.462. The maximum absolute atomic E-state index is 10.9. The van der Waals surface area contributed by atoms with Crippen molar-refractivity contribution in [3.8, 4) is 28.5 Å². The second-order valence-corrected chi connectivity index (χ2v) is 4.33. The molecular formula is C13H12N2O5. The van der Waals surface area contributed by atoms with Crippen LogP contribution in [0.3, 0.4) is 0 Å². The van der Waals surface area contributed by atoms with Gasteiger partial charge in [0.2, 0.25) is 5.75 Å². The van der Waals surface area contributed by atoms with Crippen molar-refractivity contribution in [1.29, 1.82) is 0 Å². The van der Waals surface area contributed by atoms with Crippen LogP contribution >= 0.6 is 0 Å². The molecule has 1 aliphatic heterocycles. The summed E-state index contributed by atoms with van der Waals surface area (Å²) in [6.45, 7) is 0.788. The number of hydrogen-bond acceptors (Lipinski definition) is 5. The third-order valence-corrected chi connectivity index (χ3v) is 3.06. The Bertz CT molecular complexity index is 692. The van der Waals surface area contributed by atoms with Crippen molar-refractivity contribution in [3.63, 3.8) is 0 Å². The number of hydrogen-bond donors (Lipinski definition) is 2. The Balaban J connectivity index is 2.13. The van der Waals surface area contributed by atoms with Crippen molar-refractivity contribution < 1.29 is 24.5 Å². The highest BCUT2D eigenvalue weighted by molar-refractivity contribution is 5.87. The lowest BCUT2D eigenvalue weighted by molar-refractivity contribution is 0.0689. The van der Waals surface area contributed by atoms with Crippen molar-refractivity contribution in [3.05, 3.63) is 23.9 Å². The van der Waals surface area contributed by atoms with Crippen molar-refractivity contribution in [1.82, 2.24) is 9.78 Å². The lowest BCUT2D eigenvalue weighted by atomic mass is 10.1. The summed E-state index contributed by atoms with van der Waals surface area (Å²) in [6.07, 6.45) is 0. The number of rotatable bonds is 2. The van der Waals surface area contributed by atoms with E-state index >= 15 is 0 Å². The Morgan fingerprint density at radius 1 is 1.35 bits per heavy atom. The minimum atomic E-state index is -1.12. The molecule has 0 unspecified atom stereocenters. The fraction of sp³-hybridized carbons (Fsp3) is 0.231. The van der Waals surface area contributed by atoms with Gasteiger partial charge in [-0.3, -0.25) is 4.68 Å². The normalized spacial score (nSPS) is 13.2. The number of ether oxygens (including phenoxy) is 2. The van der Waals surface area contributed by atoms with Gasteiger partial charge in [-0.15, -0.1) is 0 Å². The summed E-state index contributed by atoms with van der Waals surface area (Å²) < 4.78 is 12.2. The van der Waals surface area contributed by atoms with E-state index in [0.29, 0.717) is 30.2 Å². The first-order valence-corrected chi connectivity index (χ1v) is 5.97. The van der Waals surface area contributed by atoms with Gasteiger partial charge in [0.05, 0.1) is 5.69 Å². The summed E-state index contributed by atoms with van der Waals surface area (Å²) in [7, 11) is 1.61. The number of phenolic OH excluding ortho intramolecular Hbond substituents is 1. The Kier molecular flexibility index (Phi) is 2.74. The summed E-state index contributed by atoms with van der Waals surface area (Å²) in [6, 6.07) is 4.72. The molecule has 1 aromatic carbocycles. The van der Waals surface area contributed by atoms with Crippen LogP contribution in [-0.4, -0.2) is 39.2 Å². The summed E-state index contributed by atoms with van der Waals surface area (Å²) >= 11 is 0. The Morgan fingerprint density at radius 2 is 2.10 bits per heavy atom. The van der Waals surface area contributed by atoms with Gasteiger partial charge in [-0.05, 0) is 18.2 Å². The molecule has 0 saturated heterocycles. The second-order valence-electron chi connectivity index (χ2n) is 4.33. The maximum atomic E-state index is 10.9. The van der Waals surface area contributed by atoms with Crippen molar-refractivity contribution in [2.75, 3.05) is 13.2 Å². The van der Waals surface area contributed by atoms with Crippen LogP contribution in [0, 0.1) is 0 Å². The van der Waals surface area contributed by atoms with Crippen LogP contribution in [0.1, 0.15) is 10.5 Å². The van der Waals surface area contributed by atoms with Crippen LogP contribution in [-0.2, 0) is 7.05 Å². The number of fused-ring (bicyclic) bond motifs is 1. The molecule has 0 fully saturated rings. The van der Waals surface area contributed by atoms with Gasteiger partial charge in [-0.1, -0.05) is 0 Å². The zero-order valence-corrected chi connectivity index (χ0v) is 10.7. The zero-order chi connectivity index (χ0) is 14.3. The van der Waals surface area contributed by atoms with E-state index in [1.165, 1.54) is 10.7 Å². The molecule has 7 nitrogen and oxygen atoms in total. The third kappa shape index (κ3) is 1.83. The standard InChI is InChI=1S/C13H12N2O5/c1-15-9(6-8(14-15)13(17)18)7-2-3-10-12(11(7)16)20-5-4-19-10/h2-3,6,16H,4-5H2,1H3,(H,17,18). The molecular weight excluding hydrogens is 264 g/mol. The van der Waals surface area contributed by atoms with E-state index in [2.05, 4.69) is 5.10 Å². The fourth-order valence-electron chi connectivity index (χ4n) is 2.13. The summed E-state index contributed by atoms with van der Waals surface area (Å²) in [5, 5.41) is 23.1. The van der Waals surface area contributed by atoms with E-state index in [-0.39, 0.29) is 17.2 Å². The summed E-state index contributed by atoms with van der Waals surface area (Å²) in [5.41, 5.74) is 0.838. The van der Waals surface area contributed by atoms with Crippen LogP contribution in [0.2, 0.25) is 0 Å². The number of aromatic hydroxyl groups is 1. The van der Waals surface area contributed by atoms with Gasteiger partial charge in [0.15, 0.2) is 17.2 Å². The van der Waals surface area contributed by atoms with Crippen LogP contribution in [0.5, 0.6) is 17.2 Å². The molecule has 3 rings (SSSR count). The monoisotopic (exact) mass is 276 g/mol. The van der Waals surface area contributed by atoms with E-state index in [1.807, 2.05) is 0 Å². The highest BCUT2D eigenvalue weighted by Crippen LogP contribution is 2.44. The Labute approximate surface area is 114 Å². The van der Waals surface area contributed by atoms with E-state index < -0.39 is 5.97 Å². The minimum absolute atomic E-state index is 0.0814. The molecule has 7 heteroatoms. The van der Waals surface area contributed by atoms with Crippen molar-refractivity contribution >= 4 is 5.97 Å². The fourth-order valence-corrected chi connectivity index (χ4v) is 2.13. The topological polar surface area (TPSA) is 93.8 Å². The number of carboxylic acids is 1. The van der Waals surface area contributed by atoms with Crippen molar-refractivity contribution in [2.45, 2.75) is 0 Å². The molecule has 2 aromatic rings. The molecule has 1 aliphatic rings. The first-order valence-electron chi connectivity index (χ1n) is 5.97. The zero-order valence-electron chi connectivity index (χ0n) is 10.7. The van der Waals surface area contributed by atoms with Gasteiger partial charge in [-0.2, -0.15) is 5.10 Å². The first-order chi connectivity index (χ1) is 9.58. The molecule has 20 heavy (non-hydrogen) atoms. The van der Waals surface area contributed by atoms with E-state index in [4.69, 9.17) is 14.6 Å². The van der Waals surface area contributed by atoms with E-state index in [1.54, 1.807) is 19.2 Å². The predicted octanol–water partition coefficient (Wildman–Crippen LogP) is 1.26. The molecule has 1 aromatic heterocycles. The van der Waals surface area contributed by atoms with Crippen molar-refractivity contribution in [2.24, 2.45) is 7.05 Å². The van der Waals surface area contributed by atoms with Crippen LogP contribution in [0.25, 0.3) is 11.3 Å². The number of aryl methyl sites for hydroxylation is 1. The molecule has 2 N–H and O–H groups in total. The highest BCUT2D eigenvalue weighted by Gasteiger charge is 2.22. The third-order valence-electron chi connectivity index (χ3n) is 3.06. The maximum Gasteiger partial charge on any atom is 0.356 e. The Hall–Kier alpha value is -2.70. The number of carbonyl (C=O) groups is 1. The SMILES string of the molecule is Cn1nc(C(=O)O)cc1-c1ccc2c(c1O)OCCO2. The molecule has 0 bridgehead atoms. The summed E-state index contributed by atoms with van der Waals surface area (Å²) in [4.78, 5) is 10.9. The largest absolute Gasteiger partial charge is 0.504 e. The first kappa shape index (κ1) is 12.3. The van der Waals surface area contributed by atoms with Gasteiger partial charge in [-0.25, -0.2) is 4.79 Å². The lowest BCUT2D eigenvalue weighted by Gasteiger charge is -2.20. The number of aromatic nitrogens is 2. The molecule has 0 spiro atoms. The number of nitrogens with zero attached hydrogens (tertiary/aromatic N) is 2. The Morgan fingerprint density at radius 3 is 2.80 bits per heavy atom. The van der Waals surface area contributed by atoms with Crippen LogP contribution in [0.4, 0.5) is 0 Å². The highest BCUT2D eigenvalue weighted by atomic mass is 16.6. The molecule has 0 amide bonds. The predicted molar refractivity (Wildman–Crippen MR) is 68.3 cm³/mol. The molecule has 0 saturated carbocycles. The number of aromatic carboxylic acids is 1. The quantitative estimate of drug-likeness (QED) is 0.857. The number of carboxylic acid groups (broad SMARTS) is 1. The molecule has 104 valence electrons.